The molecule has 26 heavy (non-hydrogen) atoms. The van der Waals surface area contributed by atoms with Crippen molar-refractivity contribution in [2.45, 2.75) is 13.8 Å². The Balaban J connectivity index is 1.80. The molecular weight excluding hydrogens is 332 g/mol. The fraction of sp³-hybridized carbons (Fsp3) is 0.105. The molecule has 0 aliphatic carbocycles. The number of rotatable bonds is 5. The van der Waals surface area contributed by atoms with Crippen LogP contribution in [0.4, 0.5) is 5.69 Å². The van der Waals surface area contributed by atoms with Crippen LogP contribution in [0.5, 0.6) is 0 Å². The molecule has 0 aliphatic heterocycles. The molecule has 0 radical (unpaired) electrons. The number of carbonyl (C=O) groups excluding carboxylic acids is 1. The summed E-state index contributed by atoms with van der Waals surface area (Å²) >= 11 is 0. The minimum Gasteiger partial charge on any atom is -0.287 e. The maximum Gasteiger partial charge on any atom is 0.269 e. The lowest BCUT2D eigenvalue weighted by molar-refractivity contribution is -0.384. The second-order valence-electron chi connectivity index (χ2n) is 5.82. The molecule has 0 unspecified atom stereocenters. The van der Waals surface area contributed by atoms with Gasteiger partial charge in [0.25, 0.3) is 5.69 Å². The van der Waals surface area contributed by atoms with Gasteiger partial charge in [0, 0.05) is 12.1 Å². The molecule has 1 aromatic heterocycles. The summed E-state index contributed by atoms with van der Waals surface area (Å²) in [6.07, 6.45) is 2.98. The van der Waals surface area contributed by atoms with Gasteiger partial charge >= 0.3 is 0 Å². The highest BCUT2D eigenvalue weighted by molar-refractivity contribution is 6.06. The van der Waals surface area contributed by atoms with Gasteiger partial charge in [0.2, 0.25) is 5.78 Å². The van der Waals surface area contributed by atoms with E-state index < -0.39 is 4.92 Å². The first-order valence-corrected chi connectivity index (χ1v) is 7.92. The van der Waals surface area contributed by atoms with Crippen LogP contribution >= 0.6 is 0 Å². The third-order valence-electron chi connectivity index (χ3n) is 3.94. The van der Waals surface area contributed by atoms with Gasteiger partial charge in [-0.15, -0.1) is 5.10 Å². The number of non-ortho nitro benzene ring substituents is 1. The van der Waals surface area contributed by atoms with Gasteiger partial charge in [-0.2, -0.15) is 0 Å². The van der Waals surface area contributed by atoms with Crippen molar-refractivity contribution in [3.63, 3.8) is 0 Å². The summed E-state index contributed by atoms with van der Waals surface area (Å²) in [7, 11) is 0. The van der Waals surface area contributed by atoms with Gasteiger partial charge in [0.05, 0.1) is 16.3 Å². The van der Waals surface area contributed by atoms with E-state index in [9.17, 15) is 14.9 Å². The fourth-order valence-corrected chi connectivity index (χ4v) is 2.45. The van der Waals surface area contributed by atoms with E-state index in [2.05, 4.69) is 10.3 Å². The molecule has 0 aliphatic rings. The Kier molecular flexibility index (Phi) is 4.70. The zero-order chi connectivity index (χ0) is 18.7. The van der Waals surface area contributed by atoms with Crippen molar-refractivity contribution >= 4 is 17.5 Å². The normalized spacial score (nSPS) is 11.0. The summed E-state index contributed by atoms with van der Waals surface area (Å²) in [4.78, 5) is 22.6. The summed E-state index contributed by atoms with van der Waals surface area (Å²) in [6.45, 7) is 3.78. The van der Waals surface area contributed by atoms with Crippen molar-refractivity contribution < 1.29 is 9.72 Å². The third kappa shape index (κ3) is 3.56. The first-order valence-electron chi connectivity index (χ1n) is 7.92. The van der Waals surface area contributed by atoms with Gasteiger partial charge in [-0.05, 0) is 49.8 Å². The monoisotopic (exact) mass is 348 g/mol. The third-order valence-corrected chi connectivity index (χ3v) is 3.94. The lowest BCUT2D eigenvalue weighted by Gasteiger charge is -2.03. The summed E-state index contributed by atoms with van der Waals surface area (Å²) in [5, 5.41) is 18.7. The summed E-state index contributed by atoms with van der Waals surface area (Å²) in [5.41, 5.74) is 3.57. The molecular formula is C19H16N4O3. The quantitative estimate of drug-likeness (QED) is 0.303. The van der Waals surface area contributed by atoms with Crippen LogP contribution in [0.25, 0.3) is 11.8 Å². The van der Waals surface area contributed by atoms with Crippen LogP contribution in [0, 0.1) is 24.0 Å². The molecule has 1 heterocycles. The highest BCUT2D eigenvalue weighted by atomic mass is 16.6. The molecule has 3 rings (SSSR count). The van der Waals surface area contributed by atoms with Gasteiger partial charge in [0.15, 0.2) is 5.69 Å². The zero-order valence-corrected chi connectivity index (χ0v) is 14.3. The topological polar surface area (TPSA) is 90.9 Å². The van der Waals surface area contributed by atoms with Crippen molar-refractivity contribution in [2.75, 3.05) is 0 Å². The molecule has 2 aromatic carbocycles. The molecule has 0 spiro atoms. The number of ketones is 1. The first kappa shape index (κ1) is 17.2. The number of carbonyl (C=O) groups is 1. The number of hydrogen-bond donors (Lipinski definition) is 0. The fourth-order valence-electron chi connectivity index (χ4n) is 2.45. The van der Waals surface area contributed by atoms with Gasteiger partial charge in [-0.3, -0.25) is 14.9 Å². The molecule has 0 N–H and O–H groups in total. The molecule has 7 nitrogen and oxygen atoms in total. The summed E-state index contributed by atoms with van der Waals surface area (Å²) < 4.78 is 1.62. The molecule has 7 heteroatoms. The van der Waals surface area contributed by atoms with Crippen molar-refractivity contribution in [1.82, 2.24) is 15.0 Å². The number of nitro benzene ring substituents is 1. The van der Waals surface area contributed by atoms with E-state index in [0.717, 1.165) is 11.3 Å². The van der Waals surface area contributed by atoms with E-state index in [0.29, 0.717) is 11.3 Å². The number of hydrogen-bond acceptors (Lipinski definition) is 5. The van der Waals surface area contributed by atoms with Crippen molar-refractivity contribution in [2.24, 2.45) is 0 Å². The standard InChI is InChI=1S/C19H16N4O3/c1-13-3-8-16(9-4-13)22-14(2)19(20-21-22)18(24)12-7-15-5-10-17(11-6-15)23(25)26/h3-12H,1-2H3/b12-7+. The Morgan fingerprint density at radius 1 is 1.08 bits per heavy atom. The molecule has 0 atom stereocenters. The minimum absolute atomic E-state index is 0.00496. The van der Waals surface area contributed by atoms with E-state index >= 15 is 0 Å². The molecule has 130 valence electrons. The van der Waals surface area contributed by atoms with Crippen molar-refractivity contribution in [3.8, 4) is 5.69 Å². The molecule has 0 saturated carbocycles. The maximum atomic E-state index is 12.4. The second kappa shape index (κ2) is 7.10. The van der Waals surface area contributed by atoms with Crippen LogP contribution in [0.1, 0.15) is 27.3 Å². The van der Waals surface area contributed by atoms with Gasteiger partial charge in [0.1, 0.15) is 0 Å². The molecule has 3 aromatic rings. The Hall–Kier alpha value is -3.61. The Bertz CT molecular complexity index is 987. The van der Waals surface area contributed by atoms with Crippen LogP contribution in [0.2, 0.25) is 0 Å². The van der Waals surface area contributed by atoms with Gasteiger partial charge in [-0.1, -0.05) is 29.0 Å². The van der Waals surface area contributed by atoms with E-state index in [-0.39, 0.29) is 17.2 Å². The largest absolute Gasteiger partial charge is 0.287 e. The Morgan fingerprint density at radius 2 is 1.73 bits per heavy atom. The van der Waals surface area contributed by atoms with Crippen LogP contribution in [-0.2, 0) is 0 Å². The van der Waals surface area contributed by atoms with E-state index in [4.69, 9.17) is 0 Å². The van der Waals surface area contributed by atoms with E-state index in [1.807, 2.05) is 31.2 Å². The zero-order valence-electron chi connectivity index (χ0n) is 14.3. The molecule has 0 amide bonds. The first-order chi connectivity index (χ1) is 12.5. The second-order valence-corrected chi connectivity index (χ2v) is 5.82. The SMILES string of the molecule is Cc1ccc(-n2nnc(C(=O)/C=C/c3ccc([N+](=O)[O-])cc3)c2C)cc1. The Morgan fingerprint density at radius 3 is 2.35 bits per heavy atom. The predicted molar refractivity (Wildman–Crippen MR) is 97.3 cm³/mol. The summed E-state index contributed by atoms with van der Waals surface area (Å²) in [6, 6.07) is 13.7. The number of allylic oxidation sites excluding steroid dienone is 1. The van der Waals surface area contributed by atoms with Gasteiger partial charge < -0.3 is 0 Å². The average molecular weight is 348 g/mol. The van der Waals surface area contributed by atoms with Crippen LogP contribution < -0.4 is 0 Å². The van der Waals surface area contributed by atoms with Crippen molar-refractivity contribution in [1.29, 1.82) is 0 Å². The van der Waals surface area contributed by atoms with E-state index in [1.165, 1.54) is 18.2 Å². The van der Waals surface area contributed by atoms with Crippen LogP contribution in [0.15, 0.2) is 54.6 Å². The lowest BCUT2D eigenvalue weighted by atomic mass is 10.1. The highest BCUT2D eigenvalue weighted by Crippen LogP contribution is 2.15. The van der Waals surface area contributed by atoms with Crippen LogP contribution in [-0.4, -0.2) is 25.7 Å². The number of benzene rings is 2. The predicted octanol–water partition coefficient (Wildman–Crippen LogP) is 3.69. The number of aryl methyl sites for hydroxylation is 1. The number of aromatic nitrogens is 3. The minimum atomic E-state index is -0.467. The van der Waals surface area contributed by atoms with Crippen LogP contribution in [0.3, 0.4) is 0 Å². The molecule has 0 bridgehead atoms. The lowest BCUT2D eigenvalue weighted by Crippen LogP contribution is -2.01. The smallest absolute Gasteiger partial charge is 0.269 e. The van der Waals surface area contributed by atoms with Gasteiger partial charge in [-0.25, -0.2) is 4.68 Å². The highest BCUT2D eigenvalue weighted by Gasteiger charge is 2.15. The van der Waals surface area contributed by atoms with Crippen molar-refractivity contribution in [3.05, 3.63) is 87.2 Å². The Labute approximate surface area is 149 Å². The summed E-state index contributed by atoms with van der Waals surface area (Å²) in [5.74, 6) is -0.279. The molecule has 0 fully saturated rings. The maximum absolute atomic E-state index is 12.4. The molecule has 0 saturated heterocycles. The average Bonchev–Trinajstić information content (AvgIpc) is 3.02. The number of nitro groups is 1. The number of nitrogens with zero attached hydrogens (tertiary/aromatic N) is 4. The van der Waals surface area contributed by atoms with E-state index in [1.54, 1.807) is 29.8 Å².